The predicted molar refractivity (Wildman–Crippen MR) is 55.9 cm³/mol. The lowest BCUT2D eigenvalue weighted by Gasteiger charge is -2.01. The van der Waals surface area contributed by atoms with Crippen LogP contribution in [0.2, 0.25) is 5.15 Å². The second-order valence-corrected chi connectivity index (χ2v) is 3.44. The van der Waals surface area contributed by atoms with Crippen molar-refractivity contribution >= 4 is 28.2 Å². The Bertz CT molecular complexity index is 556. The number of nitrogens with zero attached hydrogens (tertiary/aromatic N) is 3. The van der Waals surface area contributed by atoms with Crippen molar-refractivity contribution in [1.29, 1.82) is 0 Å². The van der Waals surface area contributed by atoms with Gasteiger partial charge in [-0.3, -0.25) is 10.1 Å². The zero-order valence-corrected chi connectivity index (χ0v) is 8.52. The molecule has 0 N–H and O–H groups in total. The summed E-state index contributed by atoms with van der Waals surface area (Å²) in [5.74, 6) is 0. The molecule has 1 aromatic heterocycles. The number of halogens is 1. The highest BCUT2D eigenvalue weighted by molar-refractivity contribution is 6.34. The molecule has 0 aliphatic carbocycles. The van der Waals surface area contributed by atoms with Crippen LogP contribution in [0.3, 0.4) is 0 Å². The van der Waals surface area contributed by atoms with E-state index in [-0.39, 0.29) is 10.8 Å². The maximum absolute atomic E-state index is 10.6. The highest BCUT2D eigenvalue weighted by atomic mass is 35.5. The van der Waals surface area contributed by atoms with Crippen LogP contribution in [0.25, 0.3) is 10.9 Å². The van der Waals surface area contributed by atoms with E-state index in [9.17, 15) is 10.1 Å². The number of hydrogen-bond acceptors (Lipinski definition) is 4. The molecule has 1 heterocycles. The Morgan fingerprint density at radius 2 is 2.13 bits per heavy atom. The molecule has 0 unspecified atom stereocenters. The fourth-order valence-corrected chi connectivity index (χ4v) is 1.59. The first-order chi connectivity index (χ1) is 7.09. The van der Waals surface area contributed by atoms with Crippen LogP contribution < -0.4 is 0 Å². The number of aromatic nitrogens is 2. The van der Waals surface area contributed by atoms with Crippen LogP contribution in [0.5, 0.6) is 0 Å². The molecule has 0 saturated heterocycles. The van der Waals surface area contributed by atoms with Gasteiger partial charge in [-0.2, -0.15) is 0 Å². The molecule has 2 rings (SSSR count). The van der Waals surface area contributed by atoms with Crippen LogP contribution in [-0.2, 0) is 0 Å². The third kappa shape index (κ3) is 1.61. The van der Waals surface area contributed by atoms with Gasteiger partial charge in [0, 0.05) is 17.5 Å². The van der Waals surface area contributed by atoms with Crippen LogP contribution in [-0.4, -0.2) is 14.9 Å². The van der Waals surface area contributed by atoms with E-state index in [1.807, 2.05) is 0 Å². The Morgan fingerprint density at radius 1 is 1.40 bits per heavy atom. The maximum atomic E-state index is 10.6. The summed E-state index contributed by atoms with van der Waals surface area (Å²) in [5.41, 5.74) is 1.35. The first kappa shape index (κ1) is 9.79. The summed E-state index contributed by atoms with van der Waals surface area (Å²) in [5, 5.41) is 11.4. The Morgan fingerprint density at radius 3 is 2.80 bits per heavy atom. The molecule has 1 aromatic carbocycles. The average molecular weight is 224 g/mol. The highest BCUT2D eigenvalue weighted by Crippen LogP contribution is 2.26. The molecule has 0 amide bonds. The minimum atomic E-state index is -0.463. The first-order valence-electron chi connectivity index (χ1n) is 4.15. The molecule has 2 aromatic rings. The van der Waals surface area contributed by atoms with Crippen LogP contribution in [0, 0.1) is 17.0 Å². The molecule has 15 heavy (non-hydrogen) atoms. The third-order valence-corrected chi connectivity index (χ3v) is 2.38. The molecule has 76 valence electrons. The number of rotatable bonds is 1. The van der Waals surface area contributed by atoms with E-state index in [1.165, 1.54) is 18.5 Å². The molecule has 0 atom stereocenters. The molecular formula is C9H6ClN3O2. The van der Waals surface area contributed by atoms with Gasteiger partial charge in [0.15, 0.2) is 0 Å². The van der Waals surface area contributed by atoms with Gasteiger partial charge < -0.3 is 0 Å². The summed E-state index contributed by atoms with van der Waals surface area (Å²) >= 11 is 5.83. The fraction of sp³-hybridized carbons (Fsp3) is 0.111. The number of nitro benzene ring substituents is 1. The van der Waals surface area contributed by atoms with E-state index in [0.717, 1.165) is 0 Å². The van der Waals surface area contributed by atoms with Gasteiger partial charge in [0.05, 0.1) is 10.4 Å². The van der Waals surface area contributed by atoms with Crippen LogP contribution in [0.15, 0.2) is 18.5 Å². The molecule has 0 fully saturated rings. The molecule has 0 aliphatic heterocycles. The number of fused-ring (bicyclic) bond motifs is 1. The Kier molecular flexibility index (Phi) is 2.24. The maximum Gasteiger partial charge on any atom is 0.270 e. The van der Waals surface area contributed by atoms with Gasteiger partial charge in [-0.25, -0.2) is 9.97 Å². The normalized spacial score (nSPS) is 10.5. The van der Waals surface area contributed by atoms with E-state index < -0.39 is 4.92 Å². The highest BCUT2D eigenvalue weighted by Gasteiger charge is 2.12. The molecule has 0 aliphatic rings. The largest absolute Gasteiger partial charge is 0.270 e. The van der Waals surface area contributed by atoms with Crippen molar-refractivity contribution < 1.29 is 4.92 Å². The number of nitro groups is 1. The quantitative estimate of drug-likeness (QED) is 0.423. The standard InChI is InChI=1S/C9H6ClN3O2/c1-5-2-6(13(14)15)3-7-8(5)11-4-12-9(7)10/h2-4H,1H3. The summed E-state index contributed by atoms with van der Waals surface area (Å²) in [6, 6.07) is 2.84. The van der Waals surface area contributed by atoms with Gasteiger partial charge in [-0.15, -0.1) is 0 Å². The summed E-state index contributed by atoms with van der Waals surface area (Å²) in [4.78, 5) is 18.0. The number of aryl methyl sites for hydroxylation is 1. The summed E-state index contributed by atoms with van der Waals surface area (Å²) < 4.78 is 0. The second-order valence-electron chi connectivity index (χ2n) is 3.08. The smallest absolute Gasteiger partial charge is 0.258 e. The topological polar surface area (TPSA) is 68.9 Å². The van der Waals surface area contributed by atoms with Crippen LogP contribution >= 0.6 is 11.6 Å². The van der Waals surface area contributed by atoms with Gasteiger partial charge >= 0.3 is 0 Å². The Balaban J connectivity index is 2.85. The van der Waals surface area contributed by atoms with E-state index >= 15 is 0 Å². The van der Waals surface area contributed by atoms with E-state index in [4.69, 9.17) is 11.6 Å². The lowest BCUT2D eigenvalue weighted by atomic mass is 10.1. The van der Waals surface area contributed by atoms with Crippen molar-refractivity contribution in [2.45, 2.75) is 6.92 Å². The van der Waals surface area contributed by atoms with E-state index in [1.54, 1.807) is 6.92 Å². The molecule has 5 nitrogen and oxygen atoms in total. The van der Waals surface area contributed by atoms with E-state index in [0.29, 0.717) is 16.5 Å². The summed E-state index contributed by atoms with van der Waals surface area (Å²) in [6.45, 7) is 1.75. The van der Waals surface area contributed by atoms with E-state index in [2.05, 4.69) is 9.97 Å². The molecular weight excluding hydrogens is 218 g/mol. The van der Waals surface area contributed by atoms with Crippen molar-refractivity contribution in [3.63, 3.8) is 0 Å². The molecule has 0 saturated carbocycles. The lowest BCUT2D eigenvalue weighted by molar-refractivity contribution is -0.384. The summed E-state index contributed by atoms with van der Waals surface area (Å²) in [6.07, 6.45) is 1.34. The Hall–Kier alpha value is -1.75. The minimum absolute atomic E-state index is 0.00306. The molecule has 0 bridgehead atoms. The van der Waals surface area contributed by atoms with Crippen LogP contribution in [0.4, 0.5) is 5.69 Å². The third-order valence-electron chi connectivity index (χ3n) is 2.08. The average Bonchev–Trinajstić information content (AvgIpc) is 2.19. The Labute approximate surface area is 89.9 Å². The zero-order chi connectivity index (χ0) is 11.0. The summed E-state index contributed by atoms with van der Waals surface area (Å²) in [7, 11) is 0. The molecule has 0 radical (unpaired) electrons. The SMILES string of the molecule is Cc1cc([N+](=O)[O-])cc2c(Cl)ncnc12. The number of non-ortho nitro benzene ring substituents is 1. The fourth-order valence-electron chi connectivity index (χ4n) is 1.40. The van der Waals surface area contributed by atoms with Gasteiger partial charge in [0.2, 0.25) is 0 Å². The van der Waals surface area contributed by atoms with Crippen LogP contribution in [0.1, 0.15) is 5.56 Å². The minimum Gasteiger partial charge on any atom is -0.258 e. The number of benzene rings is 1. The van der Waals surface area contributed by atoms with Crippen molar-refractivity contribution in [1.82, 2.24) is 9.97 Å². The monoisotopic (exact) mass is 223 g/mol. The van der Waals surface area contributed by atoms with Crippen molar-refractivity contribution in [2.24, 2.45) is 0 Å². The van der Waals surface area contributed by atoms with Gasteiger partial charge in [-0.05, 0) is 12.5 Å². The number of hydrogen-bond donors (Lipinski definition) is 0. The van der Waals surface area contributed by atoms with Crippen molar-refractivity contribution in [2.75, 3.05) is 0 Å². The van der Waals surface area contributed by atoms with Crippen molar-refractivity contribution in [3.8, 4) is 0 Å². The van der Waals surface area contributed by atoms with Crippen molar-refractivity contribution in [3.05, 3.63) is 39.3 Å². The lowest BCUT2D eigenvalue weighted by Crippen LogP contribution is -1.92. The molecule has 0 spiro atoms. The first-order valence-corrected chi connectivity index (χ1v) is 4.52. The van der Waals surface area contributed by atoms with Gasteiger partial charge in [0.1, 0.15) is 11.5 Å². The molecule has 6 heteroatoms. The second kappa shape index (κ2) is 3.43. The van der Waals surface area contributed by atoms with Gasteiger partial charge in [-0.1, -0.05) is 11.6 Å². The zero-order valence-electron chi connectivity index (χ0n) is 7.77. The van der Waals surface area contributed by atoms with Gasteiger partial charge in [0.25, 0.3) is 5.69 Å². The predicted octanol–water partition coefficient (Wildman–Crippen LogP) is 2.50.